The molecule has 0 N–H and O–H groups in total. The van der Waals surface area contributed by atoms with E-state index in [9.17, 15) is 0 Å². The molecule has 0 aliphatic carbocycles. The van der Waals surface area contributed by atoms with Gasteiger partial charge in [0, 0.05) is 47.8 Å². The lowest BCUT2D eigenvalue weighted by molar-refractivity contribution is 1.07. The molecular formula is C46H28N4S. The minimum atomic E-state index is 0.620. The highest BCUT2D eigenvalue weighted by atomic mass is 32.1. The highest BCUT2D eigenvalue weighted by Gasteiger charge is 2.19. The third-order valence-electron chi connectivity index (χ3n) is 9.50. The summed E-state index contributed by atoms with van der Waals surface area (Å²) in [4.78, 5) is 20.4. The summed E-state index contributed by atoms with van der Waals surface area (Å²) in [6, 6.07) is 59.1. The maximum absolute atomic E-state index is 5.48. The number of hydrogen-bond acceptors (Lipinski definition) is 5. The van der Waals surface area contributed by atoms with Crippen LogP contribution in [-0.2, 0) is 0 Å². The summed E-state index contributed by atoms with van der Waals surface area (Å²) in [6.07, 6.45) is 0. The summed E-state index contributed by atoms with van der Waals surface area (Å²) in [5.74, 6) is 1.90. The maximum Gasteiger partial charge on any atom is 0.164 e. The molecular weight excluding hydrogens is 641 g/mol. The monoisotopic (exact) mass is 668 g/mol. The van der Waals surface area contributed by atoms with Crippen molar-refractivity contribution in [1.82, 2.24) is 19.9 Å². The van der Waals surface area contributed by atoms with Gasteiger partial charge in [0.05, 0.1) is 11.2 Å². The van der Waals surface area contributed by atoms with Gasteiger partial charge in [0.2, 0.25) is 0 Å². The molecule has 7 aromatic carbocycles. The minimum absolute atomic E-state index is 0.620. The van der Waals surface area contributed by atoms with Crippen molar-refractivity contribution in [2.75, 3.05) is 0 Å². The Kier molecular flexibility index (Phi) is 6.96. The topological polar surface area (TPSA) is 51.6 Å². The van der Waals surface area contributed by atoms with Crippen LogP contribution in [0.5, 0.6) is 0 Å². The van der Waals surface area contributed by atoms with Gasteiger partial charge in [0.15, 0.2) is 17.5 Å². The first-order valence-electron chi connectivity index (χ1n) is 17.0. The number of thiophene rings is 1. The second kappa shape index (κ2) is 12.1. The van der Waals surface area contributed by atoms with Crippen molar-refractivity contribution in [3.63, 3.8) is 0 Å². The summed E-state index contributed by atoms with van der Waals surface area (Å²) < 4.78 is 2.48. The van der Waals surface area contributed by atoms with Gasteiger partial charge in [0.1, 0.15) is 0 Å². The van der Waals surface area contributed by atoms with Crippen molar-refractivity contribution in [2.45, 2.75) is 0 Å². The van der Waals surface area contributed by atoms with Crippen molar-refractivity contribution >= 4 is 53.2 Å². The van der Waals surface area contributed by atoms with Crippen LogP contribution in [0.4, 0.5) is 0 Å². The van der Waals surface area contributed by atoms with E-state index in [2.05, 4.69) is 109 Å². The Labute approximate surface area is 298 Å². The number of hydrogen-bond donors (Lipinski definition) is 0. The second-order valence-corrected chi connectivity index (χ2v) is 13.7. The molecule has 10 rings (SSSR count). The second-order valence-electron chi connectivity index (χ2n) is 12.6. The van der Waals surface area contributed by atoms with E-state index < -0.39 is 0 Å². The van der Waals surface area contributed by atoms with Crippen LogP contribution in [0.25, 0.3) is 98.4 Å². The molecule has 238 valence electrons. The first kappa shape index (κ1) is 29.4. The van der Waals surface area contributed by atoms with E-state index in [1.165, 1.54) is 36.5 Å². The number of fused-ring (bicyclic) bond motifs is 6. The van der Waals surface area contributed by atoms with Crippen LogP contribution >= 0.6 is 11.3 Å². The van der Waals surface area contributed by atoms with Crippen molar-refractivity contribution in [1.29, 1.82) is 0 Å². The fourth-order valence-corrected chi connectivity index (χ4v) is 8.30. The number of rotatable bonds is 5. The highest BCUT2D eigenvalue weighted by Crippen LogP contribution is 2.44. The Morgan fingerprint density at radius 3 is 1.73 bits per heavy atom. The van der Waals surface area contributed by atoms with E-state index in [4.69, 9.17) is 19.9 Å². The van der Waals surface area contributed by atoms with E-state index in [1.807, 2.05) is 72.0 Å². The van der Waals surface area contributed by atoms with Crippen LogP contribution in [0.15, 0.2) is 170 Å². The Hall–Kier alpha value is -6.56. The summed E-state index contributed by atoms with van der Waals surface area (Å²) >= 11 is 1.83. The highest BCUT2D eigenvalue weighted by molar-refractivity contribution is 7.26. The Morgan fingerprint density at radius 1 is 0.373 bits per heavy atom. The predicted octanol–water partition coefficient (Wildman–Crippen LogP) is 12.3. The van der Waals surface area contributed by atoms with Gasteiger partial charge in [-0.05, 0) is 40.1 Å². The van der Waals surface area contributed by atoms with Gasteiger partial charge in [-0.1, -0.05) is 152 Å². The van der Waals surface area contributed by atoms with Gasteiger partial charge < -0.3 is 0 Å². The quantitative estimate of drug-likeness (QED) is 0.183. The van der Waals surface area contributed by atoms with Crippen LogP contribution in [-0.4, -0.2) is 19.9 Å². The number of nitrogens with zero attached hydrogens (tertiary/aromatic N) is 4. The van der Waals surface area contributed by atoms with Crippen LogP contribution in [0.1, 0.15) is 0 Å². The molecule has 0 unspecified atom stereocenters. The van der Waals surface area contributed by atoms with E-state index in [1.54, 1.807) is 0 Å². The molecule has 0 atom stereocenters. The molecule has 0 saturated carbocycles. The summed E-state index contributed by atoms with van der Waals surface area (Å²) in [7, 11) is 0. The van der Waals surface area contributed by atoms with E-state index in [0.717, 1.165) is 44.4 Å². The lowest BCUT2D eigenvalue weighted by Crippen LogP contribution is -2.00. The predicted molar refractivity (Wildman–Crippen MR) is 213 cm³/mol. The first-order chi connectivity index (χ1) is 25.3. The zero-order chi connectivity index (χ0) is 33.7. The normalized spacial score (nSPS) is 11.5. The Morgan fingerprint density at radius 2 is 0.961 bits per heavy atom. The minimum Gasteiger partial charge on any atom is -0.247 e. The molecule has 3 aromatic heterocycles. The molecule has 0 saturated heterocycles. The summed E-state index contributed by atoms with van der Waals surface area (Å²) in [5.41, 5.74) is 8.09. The smallest absolute Gasteiger partial charge is 0.164 e. The van der Waals surface area contributed by atoms with Crippen LogP contribution in [0.2, 0.25) is 0 Å². The van der Waals surface area contributed by atoms with Crippen molar-refractivity contribution < 1.29 is 0 Å². The molecule has 0 aliphatic rings. The Bertz CT molecular complexity index is 2850. The van der Waals surface area contributed by atoms with Gasteiger partial charge in [-0.2, -0.15) is 0 Å². The van der Waals surface area contributed by atoms with Crippen molar-refractivity contribution in [3.05, 3.63) is 170 Å². The van der Waals surface area contributed by atoms with Gasteiger partial charge >= 0.3 is 0 Å². The molecule has 0 fully saturated rings. The van der Waals surface area contributed by atoms with Gasteiger partial charge in [-0.3, -0.25) is 0 Å². The van der Waals surface area contributed by atoms with Gasteiger partial charge in [-0.15, -0.1) is 11.3 Å². The first-order valence-corrected chi connectivity index (χ1v) is 17.8. The average molecular weight is 669 g/mol. The fourth-order valence-electron chi connectivity index (χ4n) is 7.06. The zero-order valence-corrected chi connectivity index (χ0v) is 28.2. The fraction of sp³-hybridized carbons (Fsp3) is 0. The van der Waals surface area contributed by atoms with Crippen molar-refractivity contribution in [2.24, 2.45) is 0 Å². The third kappa shape index (κ3) is 5.14. The largest absolute Gasteiger partial charge is 0.247 e. The molecule has 5 heteroatoms. The lowest BCUT2D eigenvalue weighted by atomic mass is 9.96. The molecule has 0 radical (unpaired) electrons. The van der Waals surface area contributed by atoms with E-state index >= 15 is 0 Å². The number of benzene rings is 7. The van der Waals surface area contributed by atoms with Crippen molar-refractivity contribution in [3.8, 4) is 56.5 Å². The average Bonchev–Trinajstić information content (AvgIpc) is 3.61. The molecule has 0 amide bonds. The molecule has 4 nitrogen and oxygen atoms in total. The Balaban J connectivity index is 1.19. The van der Waals surface area contributed by atoms with Crippen LogP contribution in [0.3, 0.4) is 0 Å². The summed E-state index contributed by atoms with van der Waals surface area (Å²) in [5, 5.41) is 6.00. The van der Waals surface area contributed by atoms with Crippen LogP contribution < -0.4 is 0 Å². The number of pyridine rings is 1. The third-order valence-corrected chi connectivity index (χ3v) is 10.7. The molecule has 0 spiro atoms. The van der Waals surface area contributed by atoms with Gasteiger partial charge in [-0.25, -0.2) is 19.9 Å². The molecule has 10 aromatic rings. The summed E-state index contributed by atoms with van der Waals surface area (Å²) in [6.45, 7) is 0. The molecule has 0 aliphatic heterocycles. The lowest BCUT2D eigenvalue weighted by Gasteiger charge is -2.12. The standard InChI is InChI=1S/C46H28N4S/c1-3-14-30(15-4-1)44-48-45(31-16-5-2-6-17-31)50-46(49-44)34-20-11-19-33(27-34)42-41-38-22-9-10-24-40(38)51-43(41)37-26-25-32(28-39(37)47-42)36-23-12-18-29-13-7-8-21-35(29)36/h1-28H. The van der Waals surface area contributed by atoms with Crippen LogP contribution in [0, 0.1) is 0 Å². The molecule has 3 heterocycles. The van der Waals surface area contributed by atoms with Gasteiger partial charge in [0.25, 0.3) is 0 Å². The van der Waals surface area contributed by atoms with E-state index in [-0.39, 0.29) is 0 Å². The molecule has 51 heavy (non-hydrogen) atoms. The van der Waals surface area contributed by atoms with E-state index in [0.29, 0.717) is 17.5 Å². The number of aromatic nitrogens is 4. The SMILES string of the molecule is c1ccc(-c2nc(-c3ccccc3)nc(-c3cccc(-c4nc5cc(-c6cccc7ccccc67)ccc5c5sc6ccccc6c45)c3)n2)cc1. The maximum atomic E-state index is 5.48. The zero-order valence-electron chi connectivity index (χ0n) is 27.4. The molecule has 0 bridgehead atoms.